The molecule has 2 atom stereocenters. The van der Waals surface area contributed by atoms with Crippen LogP contribution in [0.4, 0.5) is 0 Å². The van der Waals surface area contributed by atoms with E-state index in [0.29, 0.717) is 24.4 Å². The zero-order chi connectivity index (χ0) is 13.0. The highest BCUT2D eigenvalue weighted by molar-refractivity contribution is 5.15. The normalized spacial score (nSPS) is 28.8. The van der Waals surface area contributed by atoms with Crippen molar-refractivity contribution in [1.82, 2.24) is 4.90 Å². The van der Waals surface area contributed by atoms with Crippen molar-refractivity contribution >= 4 is 0 Å². The summed E-state index contributed by atoms with van der Waals surface area (Å²) < 4.78 is 0. The number of likely N-dealkylation sites (tertiary alicyclic amines) is 1. The first kappa shape index (κ1) is 13.1. The molecule has 1 aromatic rings. The van der Waals surface area contributed by atoms with Crippen LogP contribution in [-0.4, -0.2) is 17.0 Å². The van der Waals surface area contributed by atoms with Gasteiger partial charge in [0.2, 0.25) is 0 Å². The number of rotatable bonds is 3. The molecule has 1 saturated heterocycles. The van der Waals surface area contributed by atoms with E-state index in [1.807, 2.05) is 0 Å². The molecule has 1 aromatic carbocycles. The van der Waals surface area contributed by atoms with Crippen LogP contribution in [-0.2, 0) is 6.54 Å². The van der Waals surface area contributed by atoms with Gasteiger partial charge in [0, 0.05) is 25.0 Å². The van der Waals surface area contributed by atoms with Gasteiger partial charge in [0.1, 0.15) is 0 Å². The van der Waals surface area contributed by atoms with Crippen molar-refractivity contribution in [1.29, 1.82) is 5.26 Å². The van der Waals surface area contributed by atoms with Crippen molar-refractivity contribution in [3.05, 3.63) is 35.9 Å². The Bertz CT molecular complexity index is 395. The van der Waals surface area contributed by atoms with Gasteiger partial charge in [0.25, 0.3) is 0 Å². The van der Waals surface area contributed by atoms with Crippen LogP contribution < -0.4 is 0 Å². The predicted molar refractivity (Wildman–Crippen MR) is 73.9 cm³/mol. The summed E-state index contributed by atoms with van der Waals surface area (Å²) in [7, 11) is 0. The third-order valence-electron chi connectivity index (χ3n) is 4.07. The Morgan fingerprint density at radius 3 is 2.33 bits per heavy atom. The topological polar surface area (TPSA) is 27.0 Å². The van der Waals surface area contributed by atoms with Gasteiger partial charge in [-0.3, -0.25) is 4.90 Å². The first-order valence-electron chi connectivity index (χ1n) is 6.87. The van der Waals surface area contributed by atoms with Gasteiger partial charge in [0.15, 0.2) is 0 Å². The number of nitriles is 1. The molecule has 0 N–H and O–H groups in total. The van der Waals surface area contributed by atoms with Gasteiger partial charge in [0.05, 0.1) is 6.07 Å². The third-order valence-corrected chi connectivity index (χ3v) is 4.07. The molecule has 2 unspecified atom stereocenters. The number of nitrogens with zero attached hydrogens (tertiary/aromatic N) is 2. The van der Waals surface area contributed by atoms with Gasteiger partial charge < -0.3 is 0 Å². The molecule has 1 heterocycles. The average molecular weight is 242 g/mol. The second-order valence-corrected chi connectivity index (χ2v) is 5.56. The minimum atomic E-state index is 0.576. The molecule has 2 heteroatoms. The van der Waals surface area contributed by atoms with Gasteiger partial charge in [-0.15, -0.1) is 0 Å². The molecule has 0 aromatic heterocycles. The standard InChI is InChI=1S/C16H22N2/c1-13-10-16(8-9-17)11-14(2)18(13)12-15-6-4-3-5-7-15/h3-7,13-14,16H,8,10-12H2,1-2H3. The fraction of sp³-hybridized carbons (Fsp3) is 0.562. The quantitative estimate of drug-likeness (QED) is 0.810. The second kappa shape index (κ2) is 6.02. The predicted octanol–water partition coefficient (Wildman–Crippen LogP) is 3.59. The lowest BCUT2D eigenvalue weighted by Crippen LogP contribution is -2.45. The average Bonchev–Trinajstić information content (AvgIpc) is 2.36. The van der Waals surface area contributed by atoms with Gasteiger partial charge in [-0.2, -0.15) is 5.26 Å². The van der Waals surface area contributed by atoms with Crippen molar-refractivity contribution in [2.75, 3.05) is 0 Å². The Balaban J connectivity index is 2.00. The third kappa shape index (κ3) is 3.11. The van der Waals surface area contributed by atoms with Crippen LogP contribution in [0.25, 0.3) is 0 Å². The van der Waals surface area contributed by atoms with Crippen molar-refractivity contribution < 1.29 is 0 Å². The maximum Gasteiger partial charge on any atom is 0.0624 e. The van der Waals surface area contributed by atoms with E-state index in [9.17, 15) is 0 Å². The number of hydrogen-bond acceptors (Lipinski definition) is 2. The van der Waals surface area contributed by atoms with Crippen molar-refractivity contribution in [3.8, 4) is 6.07 Å². The zero-order valence-electron chi connectivity index (χ0n) is 11.3. The molecule has 18 heavy (non-hydrogen) atoms. The lowest BCUT2D eigenvalue weighted by atomic mass is 9.85. The summed E-state index contributed by atoms with van der Waals surface area (Å²) in [6.45, 7) is 5.62. The Morgan fingerprint density at radius 1 is 1.17 bits per heavy atom. The molecule has 2 rings (SSSR count). The van der Waals surface area contributed by atoms with Gasteiger partial charge in [-0.25, -0.2) is 0 Å². The van der Waals surface area contributed by atoms with Crippen molar-refractivity contribution in [3.63, 3.8) is 0 Å². The van der Waals surface area contributed by atoms with E-state index < -0.39 is 0 Å². The maximum absolute atomic E-state index is 8.83. The summed E-state index contributed by atoms with van der Waals surface area (Å²) in [4.78, 5) is 2.57. The summed E-state index contributed by atoms with van der Waals surface area (Å²) >= 11 is 0. The van der Waals surface area contributed by atoms with E-state index in [-0.39, 0.29) is 0 Å². The fourth-order valence-corrected chi connectivity index (χ4v) is 3.17. The molecular formula is C16H22N2. The molecule has 2 nitrogen and oxygen atoms in total. The summed E-state index contributed by atoms with van der Waals surface area (Å²) in [5.74, 6) is 0.590. The summed E-state index contributed by atoms with van der Waals surface area (Å²) in [6, 6.07) is 14.1. The summed E-state index contributed by atoms with van der Waals surface area (Å²) in [6.07, 6.45) is 3.03. The highest BCUT2D eigenvalue weighted by Gasteiger charge is 2.30. The molecule has 0 spiro atoms. The Hall–Kier alpha value is -1.33. The van der Waals surface area contributed by atoms with Crippen LogP contribution in [0.3, 0.4) is 0 Å². The minimum absolute atomic E-state index is 0.576. The van der Waals surface area contributed by atoms with Crippen LogP contribution in [0.15, 0.2) is 30.3 Å². The van der Waals surface area contributed by atoms with E-state index in [0.717, 1.165) is 19.4 Å². The molecule has 1 fully saturated rings. The van der Waals surface area contributed by atoms with Crippen molar-refractivity contribution in [2.24, 2.45) is 5.92 Å². The van der Waals surface area contributed by atoms with E-state index in [1.165, 1.54) is 5.56 Å². The molecule has 0 aliphatic carbocycles. The molecule has 0 radical (unpaired) electrons. The zero-order valence-corrected chi connectivity index (χ0v) is 11.3. The van der Waals surface area contributed by atoms with E-state index in [4.69, 9.17) is 5.26 Å². The number of piperidine rings is 1. The first-order valence-corrected chi connectivity index (χ1v) is 6.87. The molecule has 0 bridgehead atoms. The SMILES string of the molecule is CC1CC(CC#N)CC(C)N1Cc1ccccc1. The van der Waals surface area contributed by atoms with E-state index in [1.54, 1.807) is 0 Å². The Kier molecular flexibility index (Phi) is 4.38. The first-order chi connectivity index (χ1) is 8.70. The Labute approximate surface area is 110 Å². The van der Waals surface area contributed by atoms with Crippen LogP contribution in [0, 0.1) is 17.2 Å². The summed E-state index contributed by atoms with van der Waals surface area (Å²) in [5.41, 5.74) is 1.38. The highest BCUT2D eigenvalue weighted by Crippen LogP contribution is 2.30. The molecule has 96 valence electrons. The number of hydrogen-bond donors (Lipinski definition) is 0. The number of benzene rings is 1. The molecular weight excluding hydrogens is 220 g/mol. The minimum Gasteiger partial charge on any atom is -0.294 e. The summed E-state index contributed by atoms with van der Waals surface area (Å²) in [5, 5.41) is 8.83. The highest BCUT2D eigenvalue weighted by atomic mass is 15.2. The van der Waals surface area contributed by atoms with Gasteiger partial charge >= 0.3 is 0 Å². The van der Waals surface area contributed by atoms with Crippen molar-refractivity contribution in [2.45, 2.75) is 51.7 Å². The lowest BCUT2D eigenvalue weighted by molar-refractivity contribution is 0.0641. The monoisotopic (exact) mass is 242 g/mol. The smallest absolute Gasteiger partial charge is 0.0624 e. The van der Waals surface area contributed by atoms with Crippen LogP contribution in [0.1, 0.15) is 38.7 Å². The maximum atomic E-state index is 8.83. The molecule has 1 aliphatic heterocycles. The molecule has 0 saturated carbocycles. The van der Waals surface area contributed by atoms with Gasteiger partial charge in [-0.1, -0.05) is 30.3 Å². The Morgan fingerprint density at radius 2 is 1.78 bits per heavy atom. The lowest BCUT2D eigenvalue weighted by Gasteiger charge is -2.42. The van der Waals surface area contributed by atoms with Crippen LogP contribution in [0.5, 0.6) is 0 Å². The molecule has 1 aliphatic rings. The fourth-order valence-electron chi connectivity index (χ4n) is 3.17. The second-order valence-electron chi connectivity index (χ2n) is 5.56. The van der Waals surface area contributed by atoms with Crippen LogP contribution in [0.2, 0.25) is 0 Å². The molecule has 0 amide bonds. The van der Waals surface area contributed by atoms with E-state index >= 15 is 0 Å². The van der Waals surface area contributed by atoms with E-state index in [2.05, 4.69) is 55.1 Å². The largest absolute Gasteiger partial charge is 0.294 e. The van der Waals surface area contributed by atoms with Gasteiger partial charge in [-0.05, 0) is 38.2 Å². The van der Waals surface area contributed by atoms with Crippen LogP contribution >= 0.6 is 0 Å².